The topological polar surface area (TPSA) is 141 Å². The van der Waals surface area contributed by atoms with Gasteiger partial charge in [-0.05, 0) is 88.6 Å². The molecule has 5 rings (SSSR count). The van der Waals surface area contributed by atoms with Crippen LogP contribution in [0.5, 0.6) is 0 Å². The molecule has 0 unspecified atom stereocenters. The number of carboxylic acid groups (broad SMARTS) is 1. The first-order valence-electron chi connectivity index (χ1n) is 15.0. The molecule has 43 heavy (non-hydrogen) atoms. The third-order valence-corrected chi connectivity index (χ3v) is 8.43. The number of likely N-dealkylation sites (tertiary alicyclic amines) is 1. The van der Waals surface area contributed by atoms with Gasteiger partial charge in [0.15, 0.2) is 0 Å². The van der Waals surface area contributed by atoms with E-state index in [0.717, 1.165) is 18.4 Å². The van der Waals surface area contributed by atoms with Crippen LogP contribution in [0.3, 0.4) is 0 Å². The summed E-state index contributed by atoms with van der Waals surface area (Å²) in [6.07, 6.45) is 3.29. The first-order chi connectivity index (χ1) is 20.5. The lowest BCUT2D eigenvalue weighted by molar-refractivity contribution is -0.141. The molecular weight excluding hydrogens is 548 g/mol. The Labute approximate surface area is 251 Å². The zero-order valence-electron chi connectivity index (χ0n) is 24.9. The number of H-pyrrole nitrogens is 1. The van der Waals surface area contributed by atoms with E-state index < -0.39 is 23.7 Å². The predicted octanol–water partition coefficient (Wildman–Crippen LogP) is 5.52. The molecule has 1 saturated heterocycles. The number of carboxylic acids is 1. The number of rotatable bonds is 7. The van der Waals surface area contributed by atoms with Crippen LogP contribution in [-0.4, -0.2) is 63.6 Å². The average Bonchev–Trinajstić information content (AvgIpc) is 3.61. The van der Waals surface area contributed by atoms with Crippen molar-refractivity contribution < 1.29 is 29.0 Å². The van der Waals surface area contributed by atoms with Gasteiger partial charge in [0.25, 0.3) is 0 Å². The monoisotopic (exact) mass is 588 g/mol. The van der Waals surface area contributed by atoms with Crippen molar-refractivity contribution in [1.82, 2.24) is 15.2 Å². The van der Waals surface area contributed by atoms with Crippen LogP contribution >= 0.6 is 0 Å². The molecule has 10 nitrogen and oxygen atoms in total. The number of carbonyl (C=O) groups is 4. The highest BCUT2D eigenvalue weighted by atomic mass is 16.6. The molecule has 2 aliphatic rings. The van der Waals surface area contributed by atoms with Gasteiger partial charge in [0.05, 0.1) is 0 Å². The second-order valence-corrected chi connectivity index (χ2v) is 12.7. The number of aromatic amines is 1. The summed E-state index contributed by atoms with van der Waals surface area (Å²) in [5, 5.41) is 15.8. The number of aromatic nitrogens is 1. The van der Waals surface area contributed by atoms with Gasteiger partial charge >= 0.3 is 12.1 Å². The predicted molar refractivity (Wildman–Crippen MR) is 163 cm³/mol. The molecule has 1 aliphatic heterocycles. The van der Waals surface area contributed by atoms with Crippen molar-refractivity contribution in [2.45, 2.75) is 70.4 Å². The number of ether oxygens (including phenoxy) is 1. The summed E-state index contributed by atoms with van der Waals surface area (Å²) in [5.41, 5.74) is 1.74. The first kappa shape index (κ1) is 30.1. The molecule has 3 amide bonds. The summed E-state index contributed by atoms with van der Waals surface area (Å²) in [4.78, 5) is 55.8. The van der Waals surface area contributed by atoms with Crippen LogP contribution in [0.15, 0.2) is 54.6 Å². The van der Waals surface area contributed by atoms with Crippen molar-refractivity contribution in [1.29, 1.82) is 0 Å². The van der Waals surface area contributed by atoms with Crippen LogP contribution in [0, 0.1) is 11.8 Å². The Balaban J connectivity index is 1.27. The number of anilines is 1. The van der Waals surface area contributed by atoms with E-state index in [4.69, 9.17) is 4.74 Å². The maximum atomic E-state index is 13.9. The van der Waals surface area contributed by atoms with Crippen molar-refractivity contribution in [3.05, 3.63) is 65.9 Å². The molecule has 1 saturated carbocycles. The molecule has 2 aromatic carbocycles. The van der Waals surface area contributed by atoms with Gasteiger partial charge in [-0.25, -0.2) is 9.59 Å². The number of alkyl carbamates (subject to hydrolysis) is 1. The number of hydrogen-bond acceptors (Lipinski definition) is 5. The third-order valence-electron chi connectivity index (χ3n) is 8.43. The minimum atomic E-state index is -1.05. The molecular formula is C33H40N4O6. The lowest BCUT2D eigenvalue weighted by Gasteiger charge is -2.34. The Morgan fingerprint density at radius 2 is 1.70 bits per heavy atom. The quantitative estimate of drug-likeness (QED) is 0.286. The number of benzene rings is 2. The summed E-state index contributed by atoms with van der Waals surface area (Å²) in [5.74, 6) is -1.35. The zero-order valence-corrected chi connectivity index (χ0v) is 24.9. The van der Waals surface area contributed by atoms with E-state index in [1.165, 1.54) is 6.07 Å². The molecule has 1 aliphatic carbocycles. The highest BCUT2D eigenvalue weighted by Crippen LogP contribution is 2.38. The van der Waals surface area contributed by atoms with Crippen molar-refractivity contribution >= 4 is 40.5 Å². The minimum Gasteiger partial charge on any atom is -0.477 e. The van der Waals surface area contributed by atoms with Crippen LogP contribution in [0.2, 0.25) is 0 Å². The number of nitrogens with one attached hydrogen (secondary N) is 3. The van der Waals surface area contributed by atoms with Crippen LogP contribution in [-0.2, 0) is 14.3 Å². The Kier molecular flexibility index (Phi) is 8.75. The summed E-state index contributed by atoms with van der Waals surface area (Å²) in [7, 11) is 0. The van der Waals surface area contributed by atoms with E-state index >= 15 is 0 Å². The number of carbonyl (C=O) groups excluding carboxylic acids is 3. The highest BCUT2D eigenvalue weighted by molar-refractivity contribution is 6.01. The number of aromatic carboxylic acids is 1. The molecule has 1 aromatic heterocycles. The number of amides is 3. The number of hydrogen-bond donors (Lipinski definition) is 4. The maximum absolute atomic E-state index is 13.9. The zero-order chi connectivity index (χ0) is 30.7. The Morgan fingerprint density at radius 1 is 0.977 bits per heavy atom. The molecule has 0 radical (unpaired) electrons. The normalized spacial score (nSPS) is 22.3. The van der Waals surface area contributed by atoms with Gasteiger partial charge in [0.2, 0.25) is 11.8 Å². The van der Waals surface area contributed by atoms with E-state index in [9.17, 15) is 24.3 Å². The molecule has 2 fully saturated rings. The van der Waals surface area contributed by atoms with Crippen LogP contribution in [0.1, 0.15) is 74.8 Å². The molecule has 2 heterocycles. The van der Waals surface area contributed by atoms with E-state index in [1.807, 2.05) is 51.1 Å². The molecule has 2 atom stereocenters. The van der Waals surface area contributed by atoms with E-state index in [2.05, 4.69) is 15.6 Å². The van der Waals surface area contributed by atoms with Gasteiger partial charge < -0.3 is 30.4 Å². The largest absolute Gasteiger partial charge is 0.477 e. The van der Waals surface area contributed by atoms with Gasteiger partial charge in [-0.15, -0.1) is 0 Å². The lowest BCUT2D eigenvalue weighted by atomic mass is 9.81. The smallest absolute Gasteiger partial charge is 0.407 e. The van der Waals surface area contributed by atoms with Crippen LogP contribution < -0.4 is 10.6 Å². The SMILES string of the molecule is CC(C)(C)OC(=O)NCC1CCC(C(=O)N2CC[C@@H](c3ccccc3)[C@H]2C(=O)Nc2ccc3[nH]c(C(=O)O)cc3c2)CC1. The maximum Gasteiger partial charge on any atom is 0.407 e. The second-order valence-electron chi connectivity index (χ2n) is 12.7. The third kappa shape index (κ3) is 7.18. The molecule has 3 aromatic rings. The van der Waals surface area contributed by atoms with E-state index in [-0.39, 0.29) is 35.3 Å². The van der Waals surface area contributed by atoms with Gasteiger partial charge in [0, 0.05) is 41.5 Å². The van der Waals surface area contributed by atoms with Crippen molar-refractivity contribution in [3.8, 4) is 0 Å². The summed E-state index contributed by atoms with van der Waals surface area (Å²) in [6, 6.07) is 15.9. The average molecular weight is 589 g/mol. The number of fused-ring (bicyclic) bond motifs is 1. The standard InChI is InChI=1S/C33H40N4O6/c1-33(2,3)43-32(42)34-19-20-9-11-22(12-10-20)30(39)37-16-15-25(21-7-5-4-6-8-21)28(37)29(38)35-24-13-14-26-23(17-24)18-27(36-26)31(40)41/h4-8,13-14,17-18,20,22,25,28,36H,9-12,15-16,19H2,1-3H3,(H,34,42)(H,35,38)(H,40,41)/t20?,22?,25-,28-/m0/s1. The minimum absolute atomic E-state index is 0.00400. The molecule has 0 spiro atoms. The van der Waals surface area contributed by atoms with Crippen molar-refractivity contribution in [3.63, 3.8) is 0 Å². The van der Waals surface area contributed by atoms with Gasteiger partial charge in [0.1, 0.15) is 17.3 Å². The van der Waals surface area contributed by atoms with Gasteiger partial charge in [-0.1, -0.05) is 30.3 Å². The fourth-order valence-electron chi connectivity index (χ4n) is 6.34. The van der Waals surface area contributed by atoms with Crippen LogP contribution in [0.25, 0.3) is 10.9 Å². The highest BCUT2D eigenvalue weighted by Gasteiger charge is 2.44. The van der Waals surface area contributed by atoms with E-state index in [0.29, 0.717) is 48.9 Å². The van der Waals surface area contributed by atoms with E-state index in [1.54, 1.807) is 23.1 Å². The fourth-order valence-corrected chi connectivity index (χ4v) is 6.34. The summed E-state index contributed by atoms with van der Waals surface area (Å²) >= 11 is 0. The van der Waals surface area contributed by atoms with Gasteiger partial charge in [-0.2, -0.15) is 0 Å². The number of nitrogens with zero attached hydrogens (tertiary/aromatic N) is 1. The molecule has 10 heteroatoms. The van der Waals surface area contributed by atoms with Crippen molar-refractivity contribution in [2.24, 2.45) is 11.8 Å². The van der Waals surface area contributed by atoms with Crippen molar-refractivity contribution in [2.75, 3.05) is 18.4 Å². The Bertz CT molecular complexity index is 1490. The first-order valence-corrected chi connectivity index (χ1v) is 15.0. The molecule has 0 bridgehead atoms. The lowest BCUT2D eigenvalue weighted by Crippen LogP contribution is -2.48. The Hall–Kier alpha value is -4.34. The summed E-state index contributed by atoms with van der Waals surface area (Å²) in [6.45, 7) is 6.49. The fraction of sp³-hybridized carbons (Fsp3) is 0.455. The van der Waals surface area contributed by atoms with Gasteiger partial charge in [-0.3, -0.25) is 9.59 Å². The molecule has 228 valence electrons. The van der Waals surface area contributed by atoms with Crippen LogP contribution in [0.4, 0.5) is 10.5 Å². The summed E-state index contributed by atoms with van der Waals surface area (Å²) < 4.78 is 5.34. The Morgan fingerprint density at radius 3 is 2.37 bits per heavy atom. The second kappa shape index (κ2) is 12.5. The molecule has 4 N–H and O–H groups in total.